The lowest BCUT2D eigenvalue weighted by Crippen LogP contribution is -2.69. The van der Waals surface area contributed by atoms with Crippen LogP contribution >= 0.6 is 0 Å². The number of carbonyl (C=O) groups excluding carboxylic acids is 1. The van der Waals surface area contributed by atoms with Crippen molar-refractivity contribution in [1.82, 2.24) is 4.90 Å². The number of benzene rings is 3. The zero-order chi connectivity index (χ0) is 42.6. The van der Waals surface area contributed by atoms with Crippen molar-refractivity contribution in [2.75, 3.05) is 40.1 Å². The first-order chi connectivity index (χ1) is 29.9. The monoisotopic (exact) mass is 834 g/mol. The largest absolute Gasteiger partial charge is 0.459 e. The molecular weight excluding hydrogens is 773 g/mol. The second kappa shape index (κ2) is 21.2. The van der Waals surface area contributed by atoms with Crippen LogP contribution in [0.1, 0.15) is 82.1 Å². The molecule has 3 aromatic carbocycles. The van der Waals surface area contributed by atoms with Gasteiger partial charge in [0.05, 0.1) is 31.5 Å². The van der Waals surface area contributed by atoms with Crippen LogP contribution in [0.3, 0.4) is 0 Å². The Bertz CT molecular complexity index is 1980. The van der Waals surface area contributed by atoms with Crippen LogP contribution in [0, 0.1) is 17.8 Å². The Balaban J connectivity index is 1.36. The number of likely N-dealkylation sites (N-methyl/N-ethyl adjacent to an activating group) is 1. The van der Waals surface area contributed by atoms with Crippen molar-refractivity contribution in [2.45, 2.75) is 94.7 Å². The Labute approximate surface area is 360 Å². The van der Waals surface area contributed by atoms with Gasteiger partial charge < -0.3 is 43.6 Å². The van der Waals surface area contributed by atoms with E-state index in [0.717, 1.165) is 67.2 Å². The molecule has 326 valence electrons. The van der Waals surface area contributed by atoms with Gasteiger partial charge in [0.15, 0.2) is 0 Å². The van der Waals surface area contributed by atoms with Crippen molar-refractivity contribution in [2.24, 2.45) is 22.9 Å². The molecule has 0 bridgehead atoms. The second-order valence-electron chi connectivity index (χ2n) is 16.5. The van der Waals surface area contributed by atoms with Gasteiger partial charge >= 0.3 is 6.09 Å². The maximum absolute atomic E-state index is 13.9. The molecule has 4 aliphatic rings. The number of rotatable bonds is 20. The van der Waals surface area contributed by atoms with Crippen LogP contribution < -0.4 is 9.47 Å². The van der Waals surface area contributed by atoms with Crippen molar-refractivity contribution in [3.63, 3.8) is 0 Å². The number of ether oxygens (including phenoxy) is 5. The number of fused-ring (bicyclic) bond motifs is 2. The molecule has 0 spiro atoms. The summed E-state index contributed by atoms with van der Waals surface area (Å²) in [5.74, 6) is 0.144. The van der Waals surface area contributed by atoms with E-state index in [4.69, 9.17) is 33.7 Å². The summed E-state index contributed by atoms with van der Waals surface area (Å²) in [5.41, 5.74) is 4.86. The van der Waals surface area contributed by atoms with Crippen molar-refractivity contribution in [1.29, 1.82) is 0 Å². The molecule has 7 rings (SSSR count). The molecule has 11 heteroatoms. The molecule has 0 aromatic heterocycles. The lowest BCUT2D eigenvalue weighted by molar-refractivity contribution is -0.254. The van der Waals surface area contributed by atoms with Crippen LogP contribution in [-0.4, -0.2) is 85.1 Å². The predicted octanol–water partition coefficient (Wildman–Crippen LogP) is 9.95. The minimum Gasteiger partial charge on any atom is -0.459 e. The summed E-state index contributed by atoms with van der Waals surface area (Å²) in [6.45, 7) is 8.97. The highest BCUT2D eigenvalue weighted by atomic mass is 16.8. The zero-order valence-corrected chi connectivity index (χ0v) is 35.5. The zero-order valence-electron chi connectivity index (χ0n) is 35.5. The van der Waals surface area contributed by atoms with E-state index in [-0.39, 0.29) is 50.6 Å². The lowest BCUT2D eigenvalue weighted by Gasteiger charge is -2.59. The van der Waals surface area contributed by atoms with Gasteiger partial charge in [-0.2, -0.15) is 0 Å². The third-order valence-electron chi connectivity index (χ3n) is 12.6. The minimum atomic E-state index is -1.38. The Hall–Kier alpha value is -4.94. The fourth-order valence-corrected chi connectivity index (χ4v) is 9.65. The molecule has 1 saturated heterocycles. The van der Waals surface area contributed by atoms with E-state index in [1.165, 1.54) is 0 Å². The van der Waals surface area contributed by atoms with Gasteiger partial charge in [0, 0.05) is 44.6 Å². The van der Waals surface area contributed by atoms with Crippen molar-refractivity contribution in [3.05, 3.63) is 115 Å². The van der Waals surface area contributed by atoms with Crippen LogP contribution in [0.4, 0.5) is 4.79 Å². The lowest BCUT2D eigenvalue weighted by atomic mass is 9.55. The maximum atomic E-state index is 13.9. The van der Waals surface area contributed by atoms with Crippen molar-refractivity contribution >= 4 is 11.8 Å². The summed E-state index contributed by atoms with van der Waals surface area (Å²) in [5, 5.41) is 24.7. The average molecular weight is 835 g/mol. The van der Waals surface area contributed by atoms with Crippen LogP contribution in [-0.2, 0) is 19.0 Å². The number of nitrogens with zero attached hydrogens (tertiary/aromatic N) is 2. The van der Waals surface area contributed by atoms with Crippen LogP contribution in [0.25, 0.3) is 11.1 Å². The number of allylic oxidation sites excluding steroid dienone is 1. The number of carbonyl (C=O) groups is 1. The molecule has 61 heavy (non-hydrogen) atoms. The van der Waals surface area contributed by atoms with Crippen LogP contribution in [0.15, 0.2) is 115 Å². The summed E-state index contributed by atoms with van der Waals surface area (Å²) in [4.78, 5) is 21.7. The predicted molar refractivity (Wildman–Crippen MR) is 236 cm³/mol. The Morgan fingerprint density at radius 3 is 2.41 bits per heavy atom. The average Bonchev–Trinajstić information content (AvgIpc) is 3.29. The molecule has 7 unspecified atom stereocenters. The minimum absolute atomic E-state index is 0.0706. The van der Waals surface area contributed by atoms with Gasteiger partial charge in [0.1, 0.15) is 23.3 Å². The highest BCUT2D eigenvalue weighted by Gasteiger charge is 2.65. The molecule has 2 aliphatic carbocycles. The molecule has 1 saturated carbocycles. The first-order valence-electron chi connectivity index (χ1n) is 22.1. The smallest absolute Gasteiger partial charge is 0.409 e. The Kier molecular flexibility index (Phi) is 15.4. The molecule has 2 heterocycles. The normalized spacial score (nSPS) is 25.9. The highest BCUT2D eigenvalue weighted by molar-refractivity contribution is 6.03. The van der Waals surface area contributed by atoms with E-state index in [1.807, 2.05) is 42.5 Å². The second-order valence-corrected chi connectivity index (χ2v) is 16.5. The number of aliphatic hydroxyl groups is 2. The van der Waals surface area contributed by atoms with Gasteiger partial charge in [-0.1, -0.05) is 78.7 Å². The number of oxime groups is 1. The molecule has 2 aliphatic heterocycles. The van der Waals surface area contributed by atoms with E-state index < -0.39 is 30.1 Å². The van der Waals surface area contributed by atoms with E-state index in [9.17, 15) is 15.0 Å². The van der Waals surface area contributed by atoms with Gasteiger partial charge in [0.25, 0.3) is 0 Å². The van der Waals surface area contributed by atoms with Crippen molar-refractivity contribution in [3.8, 4) is 28.4 Å². The first-order valence-corrected chi connectivity index (χ1v) is 22.1. The van der Waals surface area contributed by atoms with Gasteiger partial charge in [-0.15, -0.1) is 13.2 Å². The number of hydrogen-bond acceptors (Lipinski definition) is 10. The molecule has 0 radical (unpaired) electrons. The summed E-state index contributed by atoms with van der Waals surface area (Å²) >= 11 is 0. The third kappa shape index (κ3) is 10.1. The summed E-state index contributed by atoms with van der Waals surface area (Å²) in [6.07, 6.45) is 12.9. The van der Waals surface area contributed by atoms with E-state index in [2.05, 4.69) is 49.6 Å². The Morgan fingerprint density at radius 1 is 0.934 bits per heavy atom. The van der Waals surface area contributed by atoms with Gasteiger partial charge in [-0.05, 0) is 104 Å². The number of aliphatic hydroxyl groups excluding tert-OH is 2. The molecule has 11 nitrogen and oxygen atoms in total. The van der Waals surface area contributed by atoms with Crippen LogP contribution in [0.2, 0.25) is 0 Å². The SMILES string of the molecule is C=CCCOC(=O)N(C)C1CC(=NOC2CCCCO2)C2=CC(CCCCO)C(CCCCO)C3c4cc(Oc5ccc(-c6ccccc6)cc5)ccc4OC1(OCC=C)C23. The molecule has 2 N–H and O–H groups in total. The fourth-order valence-electron chi connectivity index (χ4n) is 9.65. The summed E-state index contributed by atoms with van der Waals surface area (Å²) < 4.78 is 32.6. The van der Waals surface area contributed by atoms with Gasteiger partial charge in [-0.3, -0.25) is 0 Å². The number of amides is 1. The van der Waals surface area contributed by atoms with Crippen LogP contribution in [0.5, 0.6) is 17.2 Å². The Morgan fingerprint density at radius 2 is 1.69 bits per heavy atom. The summed E-state index contributed by atoms with van der Waals surface area (Å²) in [7, 11) is 1.73. The fraction of sp³-hybridized carbons (Fsp3) is 0.480. The van der Waals surface area contributed by atoms with Crippen molar-refractivity contribution < 1.29 is 43.5 Å². The standard InChI is InChI=1S/C50H62N2O9/c1-4-6-30-57-49(55)52(3)45-34-43(51-61-46-20-12-15-31-56-46)41-32-37(18-10-13-27-53)40(19-11-14-28-54)47-42-33-39(25-26-44(42)60-50(45,48(41)47)58-29-5-2)59-38-23-21-36(22-24-38)35-16-8-7-9-17-35/h4-5,7-9,16-17,21-26,32-33,37,40,45-48,53-54H,1-2,6,10-15,18-20,27-31,34H2,3H3. The maximum Gasteiger partial charge on any atom is 0.409 e. The third-order valence-corrected chi connectivity index (χ3v) is 12.6. The molecular formula is C50H62N2O9. The molecule has 3 aromatic rings. The van der Waals surface area contributed by atoms with E-state index in [0.29, 0.717) is 48.8 Å². The highest BCUT2D eigenvalue weighted by Crippen LogP contribution is 2.62. The quantitative estimate of drug-likeness (QED) is 0.0650. The van der Waals surface area contributed by atoms with Gasteiger partial charge in [-0.25, -0.2) is 4.79 Å². The van der Waals surface area contributed by atoms with Gasteiger partial charge in [0.2, 0.25) is 12.1 Å². The van der Waals surface area contributed by atoms with E-state index in [1.54, 1.807) is 24.1 Å². The molecule has 2 fully saturated rings. The number of unbranched alkanes of at least 4 members (excludes halogenated alkanes) is 2. The number of hydrogen-bond donors (Lipinski definition) is 2. The molecule has 1 amide bonds. The summed E-state index contributed by atoms with van der Waals surface area (Å²) in [6, 6.07) is 23.6. The molecule has 7 atom stereocenters. The first kappa shape index (κ1) is 44.1. The van der Waals surface area contributed by atoms with E-state index >= 15 is 0 Å². The topological polar surface area (TPSA) is 129 Å².